The molecule has 0 fully saturated rings. The zero-order chi connectivity index (χ0) is 13.2. The maximum absolute atomic E-state index is 12.8. The summed E-state index contributed by atoms with van der Waals surface area (Å²) in [5.41, 5.74) is -1.64. The fraction of sp³-hybridized carbons (Fsp3) is 0.300. The third kappa shape index (κ3) is 3.09. The van der Waals surface area contributed by atoms with Crippen molar-refractivity contribution >= 4 is 23.2 Å². The van der Waals surface area contributed by atoms with E-state index in [1.54, 1.807) is 0 Å². The van der Waals surface area contributed by atoms with Crippen molar-refractivity contribution in [2.45, 2.75) is 6.18 Å². The molecule has 0 unspecified atom stereocenters. The Hall–Kier alpha value is -1.30. The Bertz CT molecular complexity index is 433. The number of amides is 1. The maximum atomic E-state index is 12.8. The van der Waals surface area contributed by atoms with E-state index in [1.165, 1.54) is 0 Å². The molecule has 0 aliphatic rings. The molecule has 0 aromatic heterocycles. The Labute approximate surface area is 99.8 Å². The van der Waals surface area contributed by atoms with Crippen LogP contribution in [0.5, 0.6) is 0 Å². The Kier molecular flexibility index (Phi) is 3.98. The minimum atomic E-state index is -4.74. The predicted molar refractivity (Wildman–Crippen MR) is 55.5 cm³/mol. The lowest BCUT2D eigenvalue weighted by molar-refractivity contribution is -0.137. The molecule has 1 aromatic carbocycles. The summed E-state index contributed by atoms with van der Waals surface area (Å²) in [7, 11) is 1.15. The van der Waals surface area contributed by atoms with Crippen LogP contribution in [0, 0.1) is 5.82 Å². The van der Waals surface area contributed by atoms with Crippen LogP contribution in [-0.2, 0) is 11.0 Å². The highest BCUT2D eigenvalue weighted by Gasteiger charge is 2.35. The summed E-state index contributed by atoms with van der Waals surface area (Å²) in [5, 5.41) is 0. The van der Waals surface area contributed by atoms with E-state index < -0.39 is 35.0 Å². The van der Waals surface area contributed by atoms with E-state index in [0.717, 1.165) is 24.1 Å². The molecule has 17 heavy (non-hydrogen) atoms. The molecule has 2 nitrogen and oxygen atoms in total. The molecule has 1 aromatic rings. The van der Waals surface area contributed by atoms with Crippen LogP contribution in [0.15, 0.2) is 18.2 Å². The number of alkyl halides is 4. The summed E-state index contributed by atoms with van der Waals surface area (Å²) in [6.07, 6.45) is -4.74. The van der Waals surface area contributed by atoms with Crippen molar-refractivity contribution in [1.82, 2.24) is 0 Å². The van der Waals surface area contributed by atoms with Crippen molar-refractivity contribution < 1.29 is 22.4 Å². The third-order valence-electron chi connectivity index (χ3n) is 2.11. The van der Waals surface area contributed by atoms with Gasteiger partial charge in [0.05, 0.1) is 11.3 Å². The zero-order valence-corrected chi connectivity index (χ0v) is 9.44. The highest BCUT2D eigenvalue weighted by atomic mass is 35.5. The van der Waals surface area contributed by atoms with Gasteiger partial charge in [-0.1, -0.05) is 0 Å². The largest absolute Gasteiger partial charge is 0.418 e. The Balaban J connectivity index is 3.29. The number of nitrogens with zero attached hydrogens (tertiary/aromatic N) is 1. The molecule has 0 aliphatic carbocycles. The molecule has 0 heterocycles. The Morgan fingerprint density at radius 1 is 1.41 bits per heavy atom. The first-order chi connectivity index (χ1) is 7.77. The lowest BCUT2D eigenvalue weighted by atomic mass is 10.1. The summed E-state index contributed by atoms with van der Waals surface area (Å²) in [4.78, 5) is 12.0. The number of carbonyl (C=O) groups excluding carboxylic acids is 1. The molecule has 0 radical (unpaired) electrons. The maximum Gasteiger partial charge on any atom is 0.418 e. The molecule has 1 amide bonds. The Morgan fingerprint density at radius 2 is 2.00 bits per heavy atom. The first-order valence-electron chi connectivity index (χ1n) is 4.46. The fourth-order valence-electron chi connectivity index (χ4n) is 1.25. The molecule has 0 spiro atoms. The van der Waals surface area contributed by atoms with Gasteiger partial charge in [0, 0.05) is 7.05 Å². The number of carbonyl (C=O) groups is 1. The van der Waals surface area contributed by atoms with Gasteiger partial charge in [0.15, 0.2) is 0 Å². The van der Waals surface area contributed by atoms with Crippen LogP contribution >= 0.6 is 11.6 Å². The van der Waals surface area contributed by atoms with Gasteiger partial charge >= 0.3 is 6.18 Å². The van der Waals surface area contributed by atoms with Crippen LogP contribution < -0.4 is 4.90 Å². The molecule has 0 atom stereocenters. The van der Waals surface area contributed by atoms with E-state index in [1.807, 2.05) is 0 Å². The van der Waals surface area contributed by atoms with Crippen molar-refractivity contribution in [1.29, 1.82) is 0 Å². The van der Waals surface area contributed by atoms with E-state index in [2.05, 4.69) is 0 Å². The van der Waals surface area contributed by atoms with E-state index in [-0.39, 0.29) is 0 Å². The smallest absolute Gasteiger partial charge is 0.314 e. The van der Waals surface area contributed by atoms with Gasteiger partial charge in [0.2, 0.25) is 5.91 Å². The third-order valence-corrected chi connectivity index (χ3v) is 2.34. The number of benzene rings is 1. The van der Waals surface area contributed by atoms with Gasteiger partial charge in [-0.25, -0.2) is 4.39 Å². The minimum absolute atomic E-state index is 0.341. The summed E-state index contributed by atoms with van der Waals surface area (Å²) in [6, 6.07) is 2.08. The van der Waals surface area contributed by atoms with Gasteiger partial charge in [-0.2, -0.15) is 13.2 Å². The van der Waals surface area contributed by atoms with Gasteiger partial charge in [-0.15, -0.1) is 11.6 Å². The average Bonchev–Trinajstić information content (AvgIpc) is 2.25. The second kappa shape index (κ2) is 4.91. The van der Waals surface area contributed by atoms with Gasteiger partial charge in [0.25, 0.3) is 0 Å². The summed E-state index contributed by atoms with van der Waals surface area (Å²) in [5.74, 6) is -2.18. The topological polar surface area (TPSA) is 20.3 Å². The number of rotatable bonds is 2. The van der Waals surface area contributed by atoms with Crippen LogP contribution in [0.3, 0.4) is 0 Å². The van der Waals surface area contributed by atoms with Crippen LogP contribution in [0.25, 0.3) is 0 Å². The monoisotopic (exact) mass is 269 g/mol. The second-order valence-electron chi connectivity index (χ2n) is 3.25. The lowest BCUT2D eigenvalue weighted by Crippen LogP contribution is -2.29. The van der Waals surface area contributed by atoms with Gasteiger partial charge in [0.1, 0.15) is 11.7 Å². The normalized spacial score (nSPS) is 11.4. The highest BCUT2D eigenvalue weighted by molar-refractivity contribution is 6.29. The molecule has 0 bridgehead atoms. The van der Waals surface area contributed by atoms with Crippen molar-refractivity contribution in [3.8, 4) is 0 Å². The van der Waals surface area contributed by atoms with Crippen LogP contribution in [0.2, 0.25) is 0 Å². The molecule has 7 heteroatoms. The first-order valence-corrected chi connectivity index (χ1v) is 5.00. The first kappa shape index (κ1) is 13.8. The number of halogens is 5. The molecule has 0 saturated carbocycles. The molecule has 0 N–H and O–H groups in total. The SMILES string of the molecule is CN(C(=O)CCl)c1ccc(F)cc1C(F)(F)F. The molecule has 0 aliphatic heterocycles. The summed E-state index contributed by atoms with van der Waals surface area (Å²) in [6.45, 7) is 0. The number of hydrogen-bond acceptors (Lipinski definition) is 1. The van der Waals surface area contributed by atoms with E-state index in [0.29, 0.717) is 6.07 Å². The Morgan fingerprint density at radius 3 is 2.47 bits per heavy atom. The molecule has 1 rings (SSSR count). The molecule has 94 valence electrons. The fourth-order valence-corrected chi connectivity index (χ4v) is 1.43. The lowest BCUT2D eigenvalue weighted by Gasteiger charge is -2.21. The summed E-state index contributed by atoms with van der Waals surface area (Å²) < 4.78 is 50.6. The average molecular weight is 270 g/mol. The number of hydrogen-bond donors (Lipinski definition) is 0. The summed E-state index contributed by atoms with van der Waals surface area (Å²) >= 11 is 5.25. The minimum Gasteiger partial charge on any atom is -0.314 e. The van der Waals surface area contributed by atoms with Crippen molar-refractivity contribution in [2.75, 3.05) is 17.8 Å². The molecular formula is C10H8ClF4NO. The zero-order valence-electron chi connectivity index (χ0n) is 8.68. The highest BCUT2D eigenvalue weighted by Crippen LogP contribution is 2.36. The van der Waals surface area contributed by atoms with E-state index in [9.17, 15) is 22.4 Å². The van der Waals surface area contributed by atoms with Gasteiger partial charge < -0.3 is 4.90 Å². The quantitative estimate of drug-likeness (QED) is 0.597. The predicted octanol–water partition coefficient (Wildman–Crippen LogP) is 3.05. The molecular weight excluding hydrogens is 262 g/mol. The van der Waals surface area contributed by atoms with Crippen molar-refractivity contribution in [3.63, 3.8) is 0 Å². The standard InChI is InChI=1S/C10H8ClF4NO/c1-16(9(17)5-11)8-3-2-6(12)4-7(8)10(13,14)15/h2-4H,5H2,1H3. The van der Waals surface area contributed by atoms with Crippen LogP contribution in [-0.4, -0.2) is 18.8 Å². The van der Waals surface area contributed by atoms with Gasteiger partial charge in [-0.05, 0) is 18.2 Å². The van der Waals surface area contributed by atoms with Crippen molar-refractivity contribution in [2.24, 2.45) is 0 Å². The van der Waals surface area contributed by atoms with E-state index in [4.69, 9.17) is 11.6 Å². The van der Waals surface area contributed by atoms with Crippen LogP contribution in [0.1, 0.15) is 5.56 Å². The molecule has 0 saturated heterocycles. The van der Waals surface area contributed by atoms with E-state index >= 15 is 0 Å². The number of anilines is 1. The van der Waals surface area contributed by atoms with Crippen LogP contribution in [0.4, 0.5) is 23.2 Å². The van der Waals surface area contributed by atoms with Crippen molar-refractivity contribution in [3.05, 3.63) is 29.6 Å². The second-order valence-corrected chi connectivity index (χ2v) is 3.51. The van der Waals surface area contributed by atoms with Gasteiger partial charge in [-0.3, -0.25) is 4.79 Å².